The molecule has 0 saturated heterocycles. The molecule has 0 aliphatic heterocycles. The van der Waals surface area contributed by atoms with Gasteiger partial charge in [0.15, 0.2) is 0 Å². The molecule has 0 amide bonds. The van der Waals surface area contributed by atoms with Crippen molar-refractivity contribution in [1.29, 1.82) is 0 Å². The van der Waals surface area contributed by atoms with Crippen LogP contribution in [0.4, 0.5) is 8.78 Å². The summed E-state index contributed by atoms with van der Waals surface area (Å²) in [6.45, 7) is 2.67. The Labute approximate surface area is 123 Å². The summed E-state index contributed by atoms with van der Waals surface area (Å²) in [6.07, 6.45) is 0.625. The maximum Gasteiger partial charge on any atom is 0.130 e. The average molecular weight is 291 g/mol. The van der Waals surface area contributed by atoms with Gasteiger partial charge >= 0.3 is 0 Å². The minimum Gasteiger partial charge on any atom is -0.497 e. The van der Waals surface area contributed by atoms with Gasteiger partial charge in [-0.3, -0.25) is 0 Å². The van der Waals surface area contributed by atoms with Gasteiger partial charge in [-0.15, -0.1) is 0 Å². The Morgan fingerprint density at radius 3 is 2.38 bits per heavy atom. The van der Waals surface area contributed by atoms with Gasteiger partial charge in [-0.2, -0.15) is 0 Å². The maximum absolute atomic E-state index is 13.9. The smallest absolute Gasteiger partial charge is 0.130 e. The molecule has 0 fully saturated rings. The Balaban J connectivity index is 2.21. The third-order valence-electron chi connectivity index (χ3n) is 3.39. The minimum atomic E-state index is -0.559. The van der Waals surface area contributed by atoms with Crippen LogP contribution in [0.2, 0.25) is 0 Å². The van der Waals surface area contributed by atoms with Gasteiger partial charge in [0.05, 0.1) is 7.11 Å². The summed E-state index contributed by atoms with van der Waals surface area (Å²) in [7, 11) is 1.62. The summed E-state index contributed by atoms with van der Waals surface area (Å²) >= 11 is 0. The van der Waals surface area contributed by atoms with Gasteiger partial charge in [0.25, 0.3) is 0 Å². The molecule has 21 heavy (non-hydrogen) atoms. The third kappa shape index (κ3) is 4.02. The molecule has 0 aliphatic rings. The van der Waals surface area contributed by atoms with Crippen molar-refractivity contribution < 1.29 is 13.5 Å². The number of likely N-dealkylation sites (N-methyl/N-ethyl adjacent to an activating group) is 1. The molecule has 0 heterocycles. The zero-order chi connectivity index (χ0) is 15.2. The number of ether oxygens (including phenoxy) is 1. The molecule has 0 saturated carbocycles. The van der Waals surface area contributed by atoms with Crippen LogP contribution < -0.4 is 10.1 Å². The summed E-state index contributed by atoms with van der Waals surface area (Å²) in [5.74, 6) is -0.294. The van der Waals surface area contributed by atoms with Gasteiger partial charge in [-0.25, -0.2) is 8.78 Å². The molecule has 2 aromatic rings. The molecule has 0 aliphatic carbocycles. The van der Waals surface area contributed by atoms with Gasteiger partial charge in [-0.1, -0.05) is 25.1 Å². The highest BCUT2D eigenvalue weighted by molar-refractivity contribution is 5.30. The van der Waals surface area contributed by atoms with E-state index in [9.17, 15) is 8.78 Å². The topological polar surface area (TPSA) is 21.3 Å². The summed E-state index contributed by atoms with van der Waals surface area (Å²) in [5, 5.41) is 3.24. The molecule has 0 radical (unpaired) electrons. The van der Waals surface area contributed by atoms with Crippen LogP contribution in [-0.2, 0) is 6.42 Å². The standard InChI is InChI=1S/C17H19F2NO/c1-3-20-17(15-9-6-13(18)11-16(15)19)10-12-4-7-14(21-2)8-5-12/h4-9,11,17,20H,3,10H2,1-2H3. The van der Waals surface area contributed by atoms with Crippen molar-refractivity contribution in [2.24, 2.45) is 0 Å². The second kappa shape index (κ2) is 7.18. The first-order chi connectivity index (χ1) is 10.1. The van der Waals surface area contributed by atoms with Crippen LogP contribution in [0.15, 0.2) is 42.5 Å². The van der Waals surface area contributed by atoms with Crippen LogP contribution in [0.5, 0.6) is 5.75 Å². The summed E-state index contributed by atoms with van der Waals surface area (Å²) in [5.41, 5.74) is 1.54. The lowest BCUT2D eigenvalue weighted by Crippen LogP contribution is -2.24. The molecule has 0 bridgehead atoms. The Hall–Kier alpha value is -1.94. The first-order valence-electron chi connectivity index (χ1n) is 6.95. The number of benzene rings is 2. The van der Waals surface area contributed by atoms with Crippen molar-refractivity contribution in [2.75, 3.05) is 13.7 Å². The normalized spacial score (nSPS) is 12.2. The van der Waals surface area contributed by atoms with E-state index in [4.69, 9.17) is 4.74 Å². The van der Waals surface area contributed by atoms with E-state index in [2.05, 4.69) is 5.32 Å². The Kier molecular flexibility index (Phi) is 5.28. The molecule has 1 atom stereocenters. The molecule has 4 heteroatoms. The predicted octanol–water partition coefficient (Wildman–Crippen LogP) is 3.87. The highest BCUT2D eigenvalue weighted by atomic mass is 19.1. The van der Waals surface area contributed by atoms with E-state index in [0.717, 1.165) is 17.4 Å². The quantitative estimate of drug-likeness (QED) is 0.872. The van der Waals surface area contributed by atoms with Crippen molar-refractivity contribution >= 4 is 0 Å². The number of hydrogen-bond acceptors (Lipinski definition) is 2. The minimum absolute atomic E-state index is 0.191. The van der Waals surface area contributed by atoms with Gasteiger partial charge in [0, 0.05) is 17.7 Å². The summed E-state index contributed by atoms with van der Waals surface area (Å²) in [6, 6.07) is 11.2. The predicted molar refractivity (Wildman–Crippen MR) is 79.5 cm³/mol. The van der Waals surface area contributed by atoms with Crippen molar-refractivity contribution in [3.05, 3.63) is 65.2 Å². The number of methoxy groups -OCH3 is 1. The largest absolute Gasteiger partial charge is 0.497 e. The number of hydrogen-bond donors (Lipinski definition) is 1. The molecule has 1 N–H and O–H groups in total. The van der Waals surface area contributed by atoms with E-state index in [0.29, 0.717) is 18.5 Å². The van der Waals surface area contributed by atoms with Crippen LogP contribution in [0.3, 0.4) is 0 Å². The Morgan fingerprint density at radius 2 is 1.81 bits per heavy atom. The number of halogens is 2. The fourth-order valence-electron chi connectivity index (χ4n) is 2.32. The monoisotopic (exact) mass is 291 g/mol. The molecule has 2 aromatic carbocycles. The lowest BCUT2D eigenvalue weighted by atomic mass is 9.98. The molecular weight excluding hydrogens is 272 g/mol. The molecule has 112 valence electrons. The molecule has 2 rings (SSSR count). The zero-order valence-electron chi connectivity index (χ0n) is 12.2. The van der Waals surface area contributed by atoms with Gasteiger partial charge in [0.2, 0.25) is 0 Å². The van der Waals surface area contributed by atoms with Crippen molar-refractivity contribution in [3.8, 4) is 5.75 Å². The number of rotatable bonds is 6. The second-order valence-electron chi connectivity index (χ2n) is 4.83. The molecule has 0 aromatic heterocycles. The fraction of sp³-hybridized carbons (Fsp3) is 0.294. The average Bonchev–Trinajstić information content (AvgIpc) is 2.48. The Bertz CT molecular complexity index is 584. The summed E-state index contributed by atoms with van der Waals surface area (Å²) in [4.78, 5) is 0. The number of nitrogens with one attached hydrogen (secondary N) is 1. The Morgan fingerprint density at radius 1 is 1.10 bits per heavy atom. The van der Waals surface area contributed by atoms with Crippen LogP contribution in [0.25, 0.3) is 0 Å². The van der Waals surface area contributed by atoms with Crippen LogP contribution in [0.1, 0.15) is 24.1 Å². The van der Waals surface area contributed by atoms with E-state index < -0.39 is 11.6 Å². The van der Waals surface area contributed by atoms with E-state index in [1.807, 2.05) is 31.2 Å². The van der Waals surface area contributed by atoms with E-state index in [1.54, 1.807) is 7.11 Å². The maximum atomic E-state index is 13.9. The highest BCUT2D eigenvalue weighted by Gasteiger charge is 2.16. The molecule has 0 spiro atoms. The molecule has 2 nitrogen and oxygen atoms in total. The first kappa shape index (κ1) is 15.4. The third-order valence-corrected chi connectivity index (χ3v) is 3.39. The van der Waals surface area contributed by atoms with E-state index >= 15 is 0 Å². The fourth-order valence-corrected chi connectivity index (χ4v) is 2.32. The van der Waals surface area contributed by atoms with Gasteiger partial charge in [-0.05, 0) is 36.7 Å². The zero-order valence-corrected chi connectivity index (χ0v) is 12.2. The van der Waals surface area contributed by atoms with Crippen molar-refractivity contribution in [3.63, 3.8) is 0 Å². The summed E-state index contributed by atoms with van der Waals surface area (Å²) < 4.78 is 32.1. The molecule has 1 unspecified atom stereocenters. The van der Waals surface area contributed by atoms with E-state index in [-0.39, 0.29) is 6.04 Å². The van der Waals surface area contributed by atoms with Crippen molar-refractivity contribution in [2.45, 2.75) is 19.4 Å². The highest BCUT2D eigenvalue weighted by Crippen LogP contribution is 2.23. The first-order valence-corrected chi connectivity index (χ1v) is 6.95. The lowest BCUT2D eigenvalue weighted by molar-refractivity contribution is 0.414. The van der Waals surface area contributed by atoms with Gasteiger partial charge < -0.3 is 10.1 Å². The molecular formula is C17H19F2NO. The second-order valence-corrected chi connectivity index (χ2v) is 4.83. The van der Waals surface area contributed by atoms with Crippen LogP contribution in [-0.4, -0.2) is 13.7 Å². The van der Waals surface area contributed by atoms with Crippen LogP contribution in [0, 0.1) is 11.6 Å². The SMILES string of the molecule is CCNC(Cc1ccc(OC)cc1)c1ccc(F)cc1F. The van der Waals surface area contributed by atoms with Crippen molar-refractivity contribution in [1.82, 2.24) is 5.32 Å². The van der Waals surface area contributed by atoms with Gasteiger partial charge in [0.1, 0.15) is 17.4 Å². The van der Waals surface area contributed by atoms with E-state index in [1.165, 1.54) is 12.1 Å². The van der Waals surface area contributed by atoms with Crippen LogP contribution >= 0.6 is 0 Å². The lowest BCUT2D eigenvalue weighted by Gasteiger charge is -2.19.